The van der Waals surface area contributed by atoms with Gasteiger partial charge >= 0.3 is 0 Å². The van der Waals surface area contributed by atoms with Crippen LogP contribution in [0.15, 0.2) is 48.7 Å². The molecule has 0 aliphatic heterocycles. The molecule has 0 amide bonds. The fourth-order valence-corrected chi connectivity index (χ4v) is 4.55. The van der Waals surface area contributed by atoms with Crippen LogP contribution in [0.3, 0.4) is 0 Å². The first-order valence-electron chi connectivity index (χ1n) is 11.4. The lowest BCUT2D eigenvalue weighted by molar-refractivity contribution is 0.406. The lowest BCUT2D eigenvalue weighted by atomic mass is 9.84. The number of pyridine rings is 1. The van der Waals surface area contributed by atoms with Crippen molar-refractivity contribution >= 4 is 16.6 Å². The van der Waals surface area contributed by atoms with Gasteiger partial charge in [-0.3, -0.25) is 4.98 Å². The number of nitrogens with one attached hydrogen (secondary N) is 2. The Labute approximate surface area is 184 Å². The molecule has 4 rings (SSSR count). The van der Waals surface area contributed by atoms with E-state index in [1.165, 1.54) is 55.2 Å². The van der Waals surface area contributed by atoms with Crippen LogP contribution in [0.4, 0.5) is 10.1 Å². The Balaban J connectivity index is 1.28. The maximum absolute atomic E-state index is 13.5. The average molecular weight is 422 g/mol. The predicted octanol–water partition coefficient (Wildman–Crippen LogP) is 6.02. The number of ether oxygens (including phenoxy) is 1. The minimum absolute atomic E-state index is 0.240. The normalized spacial score (nSPS) is 14.6. The molecule has 0 bridgehead atoms. The van der Waals surface area contributed by atoms with Crippen LogP contribution in [-0.4, -0.2) is 25.2 Å². The van der Waals surface area contributed by atoms with E-state index in [2.05, 4.69) is 33.8 Å². The molecule has 31 heavy (non-hydrogen) atoms. The summed E-state index contributed by atoms with van der Waals surface area (Å²) in [7, 11) is 1.61. The highest BCUT2D eigenvalue weighted by Gasteiger charge is 2.16. The molecule has 1 saturated carbocycles. The first-order valence-corrected chi connectivity index (χ1v) is 11.4. The number of benzene rings is 2. The molecule has 0 saturated heterocycles. The highest BCUT2D eigenvalue weighted by atomic mass is 19.1. The molecule has 1 fully saturated rings. The summed E-state index contributed by atoms with van der Waals surface area (Å²) in [5, 5.41) is 8.10. The second-order valence-corrected chi connectivity index (χ2v) is 8.38. The lowest BCUT2D eigenvalue weighted by Crippen LogP contribution is -2.18. The largest absolute Gasteiger partial charge is 0.496 e. The molecule has 1 aliphatic rings. The first kappa shape index (κ1) is 21.6. The van der Waals surface area contributed by atoms with Crippen molar-refractivity contribution in [3.63, 3.8) is 0 Å². The van der Waals surface area contributed by atoms with Gasteiger partial charge in [-0.1, -0.05) is 31.4 Å². The molecule has 1 aliphatic carbocycles. The fraction of sp³-hybridized carbons (Fsp3) is 0.423. The standard InChI is InChI=1S/C26H32FN3O/c1-31-26-11-9-22(27)16-21(26)18-28-13-5-14-29-24-12-15-30-25-17-20(8-10-23(24)25)19-6-3-2-4-7-19/h8-12,15-17,19,28H,2-7,13-14,18H2,1H3,(H,29,30). The van der Waals surface area contributed by atoms with Crippen LogP contribution in [-0.2, 0) is 6.54 Å². The summed E-state index contributed by atoms with van der Waals surface area (Å²) in [6, 6.07) is 13.5. The van der Waals surface area contributed by atoms with Gasteiger partial charge in [0.25, 0.3) is 0 Å². The Morgan fingerprint density at radius 2 is 1.90 bits per heavy atom. The molecule has 4 nitrogen and oxygen atoms in total. The number of fused-ring (bicyclic) bond motifs is 1. The summed E-state index contributed by atoms with van der Waals surface area (Å²) in [6.45, 7) is 2.28. The van der Waals surface area contributed by atoms with Crippen molar-refractivity contribution in [1.82, 2.24) is 10.3 Å². The fourth-order valence-electron chi connectivity index (χ4n) is 4.55. The van der Waals surface area contributed by atoms with Gasteiger partial charge in [-0.25, -0.2) is 4.39 Å². The number of aromatic nitrogens is 1. The summed E-state index contributed by atoms with van der Waals surface area (Å²) in [5.41, 5.74) is 4.48. The molecular weight excluding hydrogens is 389 g/mol. The molecule has 2 aromatic carbocycles. The third kappa shape index (κ3) is 5.53. The summed E-state index contributed by atoms with van der Waals surface area (Å²) < 4.78 is 18.8. The van der Waals surface area contributed by atoms with Crippen molar-refractivity contribution in [2.75, 3.05) is 25.5 Å². The average Bonchev–Trinajstić information content (AvgIpc) is 2.81. The topological polar surface area (TPSA) is 46.2 Å². The van der Waals surface area contributed by atoms with Crippen molar-refractivity contribution in [2.24, 2.45) is 0 Å². The molecular formula is C26H32FN3O. The molecule has 5 heteroatoms. The smallest absolute Gasteiger partial charge is 0.123 e. The van der Waals surface area contributed by atoms with E-state index < -0.39 is 0 Å². The van der Waals surface area contributed by atoms with Crippen LogP contribution in [0, 0.1) is 5.82 Å². The second-order valence-electron chi connectivity index (χ2n) is 8.38. The summed E-state index contributed by atoms with van der Waals surface area (Å²) in [6.07, 6.45) is 9.53. The van der Waals surface area contributed by atoms with E-state index in [0.29, 0.717) is 18.2 Å². The zero-order valence-corrected chi connectivity index (χ0v) is 18.3. The Kier molecular flexibility index (Phi) is 7.36. The second kappa shape index (κ2) is 10.6. The predicted molar refractivity (Wildman–Crippen MR) is 125 cm³/mol. The zero-order chi connectivity index (χ0) is 21.5. The molecule has 1 heterocycles. The maximum Gasteiger partial charge on any atom is 0.123 e. The summed E-state index contributed by atoms with van der Waals surface area (Å²) >= 11 is 0. The number of hydrogen-bond donors (Lipinski definition) is 2. The van der Waals surface area contributed by atoms with Crippen LogP contribution < -0.4 is 15.4 Å². The minimum Gasteiger partial charge on any atom is -0.496 e. The zero-order valence-electron chi connectivity index (χ0n) is 18.3. The van der Waals surface area contributed by atoms with Crippen LogP contribution in [0.1, 0.15) is 55.6 Å². The van der Waals surface area contributed by atoms with Gasteiger partial charge in [0.2, 0.25) is 0 Å². The minimum atomic E-state index is -0.240. The van der Waals surface area contributed by atoms with Gasteiger partial charge < -0.3 is 15.4 Å². The molecule has 0 radical (unpaired) electrons. The highest BCUT2D eigenvalue weighted by Crippen LogP contribution is 2.34. The van der Waals surface area contributed by atoms with Gasteiger partial charge in [-0.15, -0.1) is 0 Å². The van der Waals surface area contributed by atoms with Crippen molar-refractivity contribution in [3.05, 3.63) is 65.6 Å². The van der Waals surface area contributed by atoms with Crippen LogP contribution >= 0.6 is 0 Å². The third-order valence-electron chi connectivity index (χ3n) is 6.25. The van der Waals surface area contributed by atoms with E-state index in [1.54, 1.807) is 13.2 Å². The van der Waals surface area contributed by atoms with Crippen molar-refractivity contribution in [1.29, 1.82) is 0 Å². The van der Waals surface area contributed by atoms with Crippen molar-refractivity contribution < 1.29 is 9.13 Å². The molecule has 0 spiro atoms. The number of nitrogens with zero attached hydrogens (tertiary/aromatic N) is 1. The van der Waals surface area contributed by atoms with Crippen molar-refractivity contribution in [3.8, 4) is 5.75 Å². The van der Waals surface area contributed by atoms with Crippen LogP contribution in [0.25, 0.3) is 10.9 Å². The van der Waals surface area contributed by atoms with Gasteiger partial charge in [-0.05, 0) is 67.6 Å². The summed E-state index contributed by atoms with van der Waals surface area (Å²) in [4.78, 5) is 4.62. The monoisotopic (exact) mass is 421 g/mol. The number of halogens is 1. The number of anilines is 1. The SMILES string of the molecule is COc1ccc(F)cc1CNCCCNc1ccnc2cc(C3CCCCC3)ccc12. The Hall–Kier alpha value is -2.66. The van der Waals surface area contributed by atoms with E-state index in [0.717, 1.165) is 36.3 Å². The molecule has 164 valence electrons. The Bertz CT molecular complexity index is 1000. The quantitative estimate of drug-likeness (QED) is 0.415. The summed E-state index contributed by atoms with van der Waals surface area (Å²) in [5.74, 6) is 1.16. The third-order valence-corrected chi connectivity index (χ3v) is 6.25. The van der Waals surface area contributed by atoms with Gasteiger partial charge in [0, 0.05) is 35.9 Å². The van der Waals surface area contributed by atoms with Gasteiger partial charge in [-0.2, -0.15) is 0 Å². The Morgan fingerprint density at radius 3 is 2.74 bits per heavy atom. The molecule has 0 atom stereocenters. The van der Waals surface area contributed by atoms with Gasteiger partial charge in [0.05, 0.1) is 12.6 Å². The van der Waals surface area contributed by atoms with E-state index in [9.17, 15) is 4.39 Å². The van der Waals surface area contributed by atoms with Crippen LogP contribution in [0.5, 0.6) is 5.75 Å². The van der Waals surface area contributed by atoms with Gasteiger partial charge in [0.1, 0.15) is 11.6 Å². The number of methoxy groups -OCH3 is 1. The number of rotatable bonds is 9. The Morgan fingerprint density at radius 1 is 1.03 bits per heavy atom. The molecule has 2 N–H and O–H groups in total. The molecule has 3 aromatic rings. The van der Waals surface area contributed by atoms with E-state index in [1.807, 2.05) is 12.3 Å². The first-order chi connectivity index (χ1) is 15.2. The highest BCUT2D eigenvalue weighted by molar-refractivity contribution is 5.91. The number of hydrogen-bond acceptors (Lipinski definition) is 4. The van der Waals surface area contributed by atoms with Crippen LogP contribution in [0.2, 0.25) is 0 Å². The maximum atomic E-state index is 13.5. The lowest BCUT2D eigenvalue weighted by Gasteiger charge is -2.22. The molecule has 1 aromatic heterocycles. The van der Waals surface area contributed by atoms with Gasteiger partial charge in [0.15, 0.2) is 0 Å². The van der Waals surface area contributed by atoms with Crippen molar-refractivity contribution in [2.45, 2.75) is 51.0 Å². The van der Waals surface area contributed by atoms with E-state index in [-0.39, 0.29) is 5.82 Å². The van der Waals surface area contributed by atoms with E-state index in [4.69, 9.17) is 4.74 Å². The molecule has 0 unspecified atom stereocenters. The van der Waals surface area contributed by atoms with E-state index >= 15 is 0 Å².